The Morgan fingerprint density at radius 1 is 0.367 bits per heavy atom. The Hall–Kier alpha value is -13.9. The molecule has 2 aliphatic heterocycles. The Kier molecular flexibility index (Phi) is 30.7. The van der Waals surface area contributed by atoms with E-state index in [2.05, 4.69) is 36.9 Å². The number of carbonyl (C=O) groups is 9. The SMILES string of the molecule is C=CC(=O)OCCOCCc1ccc(Oc2cc3c4c(cc(Oc5ccc(CCOCCOC(=O)C=C)cc5)c5c6c(Oc7ccc(CCOCCOC(=O)C=C)cc7)cc7c8c(cc(Oc9ccc(CCOCCOC(=O)C=C)cc9)c(c2c45)c86)C(=O)N(C(C(C)CC)C(O)Nc2cccc(C)c2)C7=O)C(=O)N(C(C(=O)Nc2cccc(C)c2)C(C)CC)C3=O)cc1. The number of hydrogen-bond donors (Lipinski definition) is 3. The lowest BCUT2D eigenvalue weighted by molar-refractivity contribution is -0.140. The fourth-order valence-corrected chi connectivity index (χ4v) is 15.7. The maximum atomic E-state index is 16.8. The number of anilines is 2. The normalized spacial score (nSPS) is 13.5. The number of benzene rings is 11. The van der Waals surface area contributed by atoms with Crippen LogP contribution in [0.15, 0.2) is 220 Å². The largest absolute Gasteiger partial charge is 0.460 e. The van der Waals surface area contributed by atoms with Gasteiger partial charge in [-0.25, -0.2) is 19.2 Å². The zero-order valence-electron chi connectivity index (χ0n) is 72.3. The van der Waals surface area contributed by atoms with Crippen molar-refractivity contribution < 1.29 is 105 Å². The number of esters is 4. The van der Waals surface area contributed by atoms with Crippen molar-refractivity contribution in [3.8, 4) is 46.0 Å². The molecule has 0 spiro atoms. The molecule has 3 N–H and O–H groups in total. The molecule has 2 heterocycles. The van der Waals surface area contributed by atoms with Crippen LogP contribution in [-0.2, 0) is 87.6 Å². The van der Waals surface area contributed by atoms with Crippen molar-refractivity contribution in [1.82, 2.24) is 9.80 Å². The van der Waals surface area contributed by atoms with E-state index < -0.39 is 83.6 Å². The number of aliphatic hydroxyl groups is 1. The first-order chi connectivity index (χ1) is 62.0. The van der Waals surface area contributed by atoms with Gasteiger partial charge in [0.2, 0.25) is 5.91 Å². The number of carbonyl (C=O) groups excluding carboxylic acids is 9. The van der Waals surface area contributed by atoms with E-state index in [9.17, 15) is 24.3 Å². The van der Waals surface area contributed by atoms with Gasteiger partial charge in [0, 0.05) is 78.8 Å². The topological polar surface area (TPSA) is 315 Å². The molecule has 662 valence electrons. The van der Waals surface area contributed by atoms with Gasteiger partial charge in [-0.3, -0.25) is 33.8 Å². The van der Waals surface area contributed by atoms with Gasteiger partial charge in [-0.05, 0) is 182 Å². The van der Waals surface area contributed by atoms with Crippen LogP contribution in [0.1, 0.15) is 115 Å². The van der Waals surface area contributed by atoms with Gasteiger partial charge in [0.1, 0.15) is 84.7 Å². The minimum absolute atomic E-state index is 0.000940. The molecule has 0 radical (unpaired) electrons. The minimum Gasteiger partial charge on any atom is -0.460 e. The summed E-state index contributed by atoms with van der Waals surface area (Å²) in [4.78, 5) is 132. The second kappa shape index (κ2) is 42.9. The molecule has 26 nitrogen and oxygen atoms in total. The van der Waals surface area contributed by atoms with Gasteiger partial charge >= 0.3 is 23.9 Å². The lowest BCUT2D eigenvalue weighted by atomic mass is 9.79. The molecule has 5 atom stereocenters. The molecular formula is C102H102N4O22. The fraction of sp³-hybridized carbons (Fsp3) is 0.284. The van der Waals surface area contributed by atoms with E-state index in [1.165, 1.54) is 0 Å². The molecule has 11 aromatic carbocycles. The van der Waals surface area contributed by atoms with Crippen molar-refractivity contribution in [1.29, 1.82) is 0 Å². The van der Waals surface area contributed by atoms with E-state index in [-0.39, 0.29) is 191 Å². The summed E-state index contributed by atoms with van der Waals surface area (Å²) in [6, 6.07) is 46.7. The Balaban J connectivity index is 1.10. The minimum atomic E-state index is -1.56. The number of rotatable bonds is 47. The van der Waals surface area contributed by atoms with Crippen LogP contribution in [0, 0.1) is 25.7 Å². The molecule has 11 aromatic rings. The highest BCUT2D eigenvalue weighted by molar-refractivity contribution is 6.45. The van der Waals surface area contributed by atoms with Gasteiger partial charge in [0.25, 0.3) is 23.6 Å². The number of aliphatic hydroxyl groups excluding tert-OH is 1. The molecular weight excluding hydrogens is 1630 g/mol. The molecule has 5 amide bonds. The Morgan fingerprint density at radius 3 is 0.961 bits per heavy atom. The lowest BCUT2D eigenvalue weighted by Gasteiger charge is -2.40. The Labute approximate surface area is 741 Å². The predicted octanol–water partition coefficient (Wildman–Crippen LogP) is 17.8. The van der Waals surface area contributed by atoms with Crippen molar-refractivity contribution in [2.75, 3.05) is 89.9 Å². The van der Waals surface area contributed by atoms with Gasteiger partial charge in [-0.1, -0.05) is 140 Å². The maximum Gasteiger partial charge on any atom is 0.330 e. The summed E-state index contributed by atoms with van der Waals surface area (Å²) in [6.45, 7) is 26.6. The molecule has 0 aliphatic carbocycles. The third-order valence-electron chi connectivity index (χ3n) is 22.5. The molecule has 0 fully saturated rings. The van der Waals surface area contributed by atoms with Crippen LogP contribution in [0.3, 0.4) is 0 Å². The van der Waals surface area contributed by atoms with Crippen molar-refractivity contribution in [2.24, 2.45) is 11.8 Å². The number of nitrogens with zero attached hydrogens (tertiary/aromatic N) is 2. The molecule has 5 unspecified atom stereocenters. The summed E-state index contributed by atoms with van der Waals surface area (Å²) in [6.07, 6.45) is 5.12. The average Bonchev–Trinajstić information content (AvgIpc) is 0.669. The Morgan fingerprint density at radius 2 is 0.664 bits per heavy atom. The molecule has 0 bridgehead atoms. The highest BCUT2D eigenvalue weighted by Gasteiger charge is 2.48. The summed E-state index contributed by atoms with van der Waals surface area (Å²) in [7, 11) is 0. The zero-order valence-corrected chi connectivity index (χ0v) is 72.3. The van der Waals surface area contributed by atoms with Crippen molar-refractivity contribution >= 4 is 108 Å². The first-order valence-corrected chi connectivity index (χ1v) is 42.6. The average molecular weight is 1740 g/mol. The summed E-state index contributed by atoms with van der Waals surface area (Å²) in [5.74, 6) is -6.51. The van der Waals surface area contributed by atoms with Crippen LogP contribution < -0.4 is 29.6 Å². The van der Waals surface area contributed by atoms with Crippen LogP contribution in [0.2, 0.25) is 0 Å². The van der Waals surface area contributed by atoms with E-state index in [0.29, 0.717) is 49.9 Å². The number of fused-ring (bicyclic) bond motifs is 2. The molecule has 2 aliphatic rings. The Bertz CT molecular complexity index is 5700. The quantitative estimate of drug-likeness (QED) is 0.00466. The van der Waals surface area contributed by atoms with E-state index >= 15 is 24.0 Å². The maximum absolute atomic E-state index is 16.8. The van der Waals surface area contributed by atoms with E-state index in [1.807, 2.05) is 107 Å². The molecule has 0 aromatic heterocycles. The summed E-state index contributed by atoms with van der Waals surface area (Å²) in [5.41, 5.74) is 5.76. The zero-order chi connectivity index (χ0) is 90.7. The van der Waals surface area contributed by atoms with E-state index in [1.54, 1.807) is 104 Å². The highest BCUT2D eigenvalue weighted by atomic mass is 16.6. The van der Waals surface area contributed by atoms with Crippen LogP contribution >= 0.6 is 0 Å². The number of imide groups is 2. The summed E-state index contributed by atoms with van der Waals surface area (Å²) < 4.78 is 73.5. The standard InChI is InChI=1S/C102H102N4O22/c1-11-63(9)95(97(111)103-69-21-17-19-61(7)55-69)105-99(113)75-57-79(125-71-31-23-65(24-32-71)39-43-117-47-51-121-83(107)13-3)89-91-81(127-73-35-27-67(28-36-73)41-45-119-49-53-123-85(109)15-5)59-77-88-78(102(116)106(101(77)115)96(64(10)12-2)98(112)104-70-22-18-20-62(8)56-70)60-82(128-74-37-29-68(30-38-74)42-46-120-50-54-124-86(110)16-6)92(94(88)91)90-80(58-76(100(105)114)87(75)93(89)90)126-72-33-25-66(26-34-72)40-44-118-48-52-122-84(108)14-4/h13-38,55-60,63-64,95-97,103,111H,3-6,11-12,39-54H2,1-2,7-10H3,(H,104,112). The third-order valence-corrected chi connectivity index (χ3v) is 22.5. The number of hydrogen-bond acceptors (Lipinski definition) is 23. The smallest absolute Gasteiger partial charge is 0.330 e. The van der Waals surface area contributed by atoms with Crippen LogP contribution in [-0.4, -0.2) is 166 Å². The van der Waals surface area contributed by atoms with Crippen LogP contribution in [0.4, 0.5) is 11.4 Å². The van der Waals surface area contributed by atoms with Crippen molar-refractivity contribution in [3.63, 3.8) is 0 Å². The van der Waals surface area contributed by atoms with Gasteiger partial charge in [0.15, 0.2) is 0 Å². The van der Waals surface area contributed by atoms with Crippen LogP contribution in [0.5, 0.6) is 46.0 Å². The number of nitrogens with one attached hydrogen (secondary N) is 2. The van der Waals surface area contributed by atoms with E-state index in [4.69, 9.17) is 56.8 Å². The molecule has 128 heavy (non-hydrogen) atoms. The fourth-order valence-electron chi connectivity index (χ4n) is 15.7. The molecule has 0 saturated carbocycles. The first-order valence-electron chi connectivity index (χ1n) is 42.6. The monoisotopic (exact) mass is 1730 g/mol. The van der Waals surface area contributed by atoms with E-state index in [0.717, 1.165) is 67.5 Å². The predicted molar refractivity (Wildman–Crippen MR) is 485 cm³/mol. The lowest BCUT2D eigenvalue weighted by Crippen LogP contribution is -2.56. The third kappa shape index (κ3) is 21.4. The van der Waals surface area contributed by atoms with Crippen molar-refractivity contribution in [2.45, 2.75) is 98.4 Å². The number of aryl methyl sites for hydroxylation is 2. The highest BCUT2D eigenvalue weighted by Crippen LogP contribution is 2.58. The molecule has 13 rings (SSSR count). The summed E-state index contributed by atoms with van der Waals surface area (Å²) in [5, 5.41) is 20.4. The summed E-state index contributed by atoms with van der Waals surface area (Å²) >= 11 is 0. The second-order valence-electron chi connectivity index (χ2n) is 31.1. The van der Waals surface area contributed by atoms with Gasteiger partial charge in [-0.2, -0.15) is 0 Å². The van der Waals surface area contributed by atoms with Gasteiger partial charge in [-0.15, -0.1) is 0 Å². The second-order valence-corrected chi connectivity index (χ2v) is 31.1. The molecule has 26 heteroatoms. The number of amides is 5. The number of ether oxygens (including phenoxy) is 12. The van der Waals surface area contributed by atoms with Gasteiger partial charge < -0.3 is 72.6 Å². The first kappa shape index (κ1) is 91.8. The molecule has 0 saturated heterocycles. The van der Waals surface area contributed by atoms with Crippen LogP contribution in [0.25, 0.3) is 43.1 Å². The van der Waals surface area contributed by atoms with Gasteiger partial charge in [0.05, 0.1) is 81.2 Å². The van der Waals surface area contributed by atoms with Crippen molar-refractivity contribution in [3.05, 3.63) is 276 Å².